The van der Waals surface area contributed by atoms with Crippen molar-refractivity contribution in [3.8, 4) is 0 Å². The lowest BCUT2D eigenvalue weighted by atomic mass is 9.84. The van der Waals surface area contributed by atoms with Crippen molar-refractivity contribution in [1.82, 2.24) is 15.1 Å². The zero-order chi connectivity index (χ0) is 13.0. The van der Waals surface area contributed by atoms with Gasteiger partial charge in [-0.05, 0) is 50.8 Å². The van der Waals surface area contributed by atoms with Crippen molar-refractivity contribution in [3.63, 3.8) is 0 Å². The van der Waals surface area contributed by atoms with Crippen LogP contribution in [-0.4, -0.2) is 28.2 Å². The summed E-state index contributed by atoms with van der Waals surface area (Å²) >= 11 is 5.74. The van der Waals surface area contributed by atoms with Crippen LogP contribution in [0.5, 0.6) is 0 Å². The highest BCUT2D eigenvalue weighted by molar-refractivity contribution is 6.29. The fourth-order valence-electron chi connectivity index (χ4n) is 2.81. The summed E-state index contributed by atoms with van der Waals surface area (Å²) in [5.41, 5.74) is 1.000. The molecule has 0 N–H and O–H groups in total. The van der Waals surface area contributed by atoms with Gasteiger partial charge in [0, 0.05) is 12.6 Å². The van der Waals surface area contributed by atoms with E-state index in [1.807, 2.05) is 12.1 Å². The quantitative estimate of drug-likeness (QED) is 0.836. The van der Waals surface area contributed by atoms with Crippen LogP contribution in [0.4, 0.5) is 0 Å². The van der Waals surface area contributed by atoms with Crippen molar-refractivity contribution in [2.24, 2.45) is 5.92 Å². The minimum Gasteiger partial charge on any atom is -0.298 e. The van der Waals surface area contributed by atoms with E-state index in [-0.39, 0.29) is 0 Å². The third-order valence-electron chi connectivity index (χ3n) is 4.12. The monoisotopic (exact) mass is 267 g/mol. The summed E-state index contributed by atoms with van der Waals surface area (Å²) in [4.78, 5) is 2.41. The first-order valence-corrected chi connectivity index (χ1v) is 7.25. The maximum atomic E-state index is 5.74. The van der Waals surface area contributed by atoms with E-state index >= 15 is 0 Å². The van der Waals surface area contributed by atoms with Crippen LogP contribution in [0, 0.1) is 5.92 Å². The Balaban J connectivity index is 1.85. The van der Waals surface area contributed by atoms with Gasteiger partial charge in [-0.3, -0.25) is 4.90 Å². The Morgan fingerprint density at radius 2 is 1.94 bits per heavy atom. The highest BCUT2D eigenvalue weighted by atomic mass is 35.5. The first kappa shape index (κ1) is 13.8. The van der Waals surface area contributed by atoms with Crippen LogP contribution >= 0.6 is 11.6 Å². The lowest BCUT2D eigenvalue weighted by molar-refractivity contribution is 0.156. The Hall–Kier alpha value is -0.670. The van der Waals surface area contributed by atoms with Crippen LogP contribution in [0.25, 0.3) is 0 Å². The molecule has 1 saturated carbocycles. The van der Waals surface area contributed by atoms with E-state index in [0.29, 0.717) is 11.2 Å². The molecular weight excluding hydrogens is 246 g/mol. The van der Waals surface area contributed by atoms with Gasteiger partial charge in [-0.15, -0.1) is 5.10 Å². The van der Waals surface area contributed by atoms with Gasteiger partial charge in [0.1, 0.15) is 0 Å². The maximum Gasteiger partial charge on any atom is 0.151 e. The average molecular weight is 268 g/mol. The number of aromatic nitrogens is 2. The number of hydrogen-bond acceptors (Lipinski definition) is 3. The van der Waals surface area contributed by atoms with Crippen LogP contribution in [0.1, 0.15) is 44.7 Å². The summed E-state index contributed by atoms with van der Waals surface area (Å²) in [6.07, 6.45) is 6.71. The van der Waals surface area contributed by atoms with Crippen molar-refractivity contribution in [1.29, 1.82) is 0 Å². The normalized spacial score (nSPS) is 24.4. The van der Waals surface area contributed by atoms with Gasteiger partial charge in [0.15, 0.2) is 5.15 Å². The summed E-state index contributed by atoms with van der Waals surface area (Å²) in [6.45, 7) is 3.17. The smallest absolute Gasteiger partial charge is 0.151 e. The van der Waals surface area contributed by atoms with Crippen molar-refractivity contribution in [3.05, 3.63) is 23.0 Å². The molecule has 0 amide bonds. The van der Waals surface area contributed by atoms with Crippen LogP contribution < -0.4 is 0 Å². The number of rotatable bonds is 4. The van der Waals surface area contributed by atoms with E-state index in [2.05, 4.69) is 29.1 Å². The van der Waals surface area contributed by atoms with Gasteiger partial charge in [-0.2, -0.15) is 5.10 Å². The molecule has 4 heteroatoms. The van der Waals surface area contributed by atoms with Crippen molar-refractivity contribution >= 4 is 11.6 Å². The molecule has 18 heavy (non-hydrogen) atoms. The van der Waals surface area contributed by atoms with Crippen molar-refractivity contribution in [2.45, 2.75) is 51.6 Å². The van der Waals surface area contributed by atoms with Gasteiger partial charge in [0.25, 0.3) is 0 Å². The number of nitrogens with zero attached hydrogens (tertiary/aromatic N) is 3. The Kier molecular flexibility index (Phi) is 4.95. The van der Waals surface area contributed by atoms with E-state index in [1.54, 1.807) is 0 Å². The molecule has 1 heterocycles. The SMILES string of the molecule is CCC1CCC(N(C)Cc2ccc(Cl)nn2)CC1. The number of halogens is 1. The lowest BCUT2D eigenvalue weighted by Gasteiger charge is -2.34. The molecule has 2 rings (SSSR count). The number of hydrogen-bond donors (Lipinski definition) is 0. The molecule has 1 aromatic heterocycles. The molecule has 0 saturated heterocycles. The van der Waals surface area contributed by atoms with Gasteiger partial charge >= 0.3 is 0 Å². The molecule has 100 valence electrons. The van der Waals surface area contributed by atoms with E-state index in [0.717, 1.165) is 18.2 Å². The first-order valence-electron chi connectivity index (χ1n) is 6.87. The van der Waals surface area contributed by atoms with Gasteiger partial charge in [0.2, 0.25) is 0 Å². The lowest BCUT2D eigenvalue weighted by Crippen LogP contribution is -2.34. The molecule has 0 aliphatic heterocycles. The predicted molar refractivity (Wildman–Crippen MR) is 74.5 cm³/mol. The fraction of sp³-hybridized carbons (Fsp3) is 0.714. The summed E-state index contributed by atoms with van der Waals surface area (Å²) in [7, 11) is 2.19. The summed E-state index contributed by atoms with van der Waals surface area (Å²) < 4.78 is 0. The Bertz CT molecular complexity index is 358. The highest BCUT2D eigenvalue weighted by Gasteiger charge is 2.23. The van der Waals surface area contributed by atoms with Crippen LogP contribution in [-0.2, 0) is 6.54 Å². The Morgan fingerprint density at radius 3 is 2.50 bits per heavy atom. The second-order valence-corrected chi connectivity index (χ2v) is 5.73. The van der Waals surface area contributed by atoms with Crippen LogP contribution in [0.2, 0.25) is 5.15 Å². The highest BCUT2D eigenvalue weighted by Crippen LogP contribution is 2.29. The van der Waals surface area contributed by atoms with Crippen LogP contribution in [0.15, 0.2) is 12.1 Å². The topological polar surface area (TPSA) is 29.0 Å². The predicted octanol–water partition coefficient (Wildman–Crippen LogP) is 3.53. The molecule has 1 fully saturated rings. The molecule has 0 radical (unpaired) electrons. The molecule has 1 aliphatic rings. The minimum absolute atomic E-state index is 0.463. The van der Waals surface area contributed by atoms with E-state index < -0.39 is 0 Å². The minimum atomic E-state index is 0.463. The molecule has 0 spiro atoms. The first-order chi connectivity index (χ1) is 8.69. The maximum absolute atomic E-state index is 5.74. The van der Waals surface area contributed by atoms with E-state index in [1.165, 1.54) is 32.1 Å². The largest absolute Gasteiger partial charge is 0.298 e. The second-order valence-electron chi connectivity index (χ2n) is 5.35. The summed E-state index contributed by atoms with van der Waals surface area (Å²) in [5.74, 6) is 0.949. The standard InChI is InChI=1S/C14H22ClN3/c1-3-11-4-7-13(8-5-11)18(2)10-12-6-9-14(15)17-16-12/h6,9,11,13H,3-5,7-8,10H2,1-2H3. The van der Waals surface area contributed by atoms with E-state index in [4.69, 9.17) is 11.6 Å². The average Bonchev–Trinajstić information content (AvgIpc) is 2.41. The zero-order valence-corrected chi connectivity index (χ0v) is 12.0. The molecule has 0 bridgehead atoms. The second kappa shape index (κ2) is 6.48. The molecule has 0 aromatic carbocycles. The molecule has 0 unspecified atom stereocenters. The van der Waals surface area contributed by atoms with Gasteiger partial charge in [-0.1, -0.05) is 24.9 Å². The van der Waals surface area contributed by atoms with Crippen molar-refractivity contribution < 1.29 is 0 Å². The fourth-order valence-corrected chi connectivity index (χ4v) is 2.91. The van der Waals surface area contributed by atoms with Crippen LogP contribution in [0.3, 0.4) is 0 Å². The van der Waals surface area contributed by atoms with Gasteiger partial charge in [0.05, 0.1) is 5.69 Å². The van der Waals surface area contributed by atoms with Gasteiger partial charge in [-0.25, -0.2) is 0 Å². The van der Waals surface area contributed by atoms with Crippen molar-refractivity contribution in [2.75, 3.05) is 7.05 Å². The molecule has 1 aliphatic carbocycles. The Labute approximate surface area is 115 Å². The third kappa shape index (κ3) is 3.66. The van der Waals surface area contributed by atoms with E-state index in [9.17, 15) is 0 Å². The molecule has 0 atom stereocenters. The molecule has 1 aromatic rings. The third-order valence-corrected chi connectivity index (χ3v) is 4.32. The Morgan fingerprint density at radius 1 is 1.22 bits per heavy atom. The zero-order valence-electron chi connectivity index (χ0n) is 11.3. The molecular formula is C14H22ClN3. The molecule has 3 nitrogen and oxygen atoms in total. The summed E-state index contributed by atoms with van der Waals surface area (Å²) in [5, 5.41) is 8.47. The van der Waals surface area contributed by atoms with Gasteiger partial charge < -0.3 is 0 Å². The summed E-state index contributed by atoms with van der Waals surface area (Å²) in [6, 6.07) is 4.47.